The van der Waals surface area contributed by atoms with Gasteiger partial charge in [-0.15, -0.1) is 0 Å². The summed E-state index contributed by atoms with van der Waals surface area (Å²) in [4.78, 5) is 20.7. The summed E-state index contributed by atoms with van der Waals surface area (Å²) in [6.07, 6.45) is 4.47. The fraction of sp³-hybridized carbons (Fsp3) is 0.636. The number of piperidine rings is 1. The van der Waals surface area contributed by atoms with Crippen molar-refractivity contribution in [3.05, 3.63) is 29.8 Å². The summed E-state index contributed by atoms with van der Waals surface area (Å²) in [6, 6.07) is 4.28. The Hall–Kier alpha value is -2.38. The van der Waals surface area contributed by atoms with E-state index in [0.717, 1.165) is 25.8 Å². The predicted molar refractivity (Wildman–Crippen MR) is 116 cm³/mol. The van der Waals surface area contributed by atoms with Gasteiger partial charge in [0.2, 0.25) is 5.91 Å². The van der Waals surface area contributed by atoms with Crippen LogP contribution in [0.1, 0.15) is 46.0 Å². The molecule has 0 aromatic heterocycles. The quantitative estimate of drug-likeness (QED) is 0.548. The molecule has 2 saturated heterocycles. The fourth-order valence-electron chi connectivity index (χ4n) is 4.26. The molecule has 1 aromatic rings. The summed E-state index contributed by atoms with van der Waals surface area (Å²) < 4.78 is 28.1. The van der Waals surface area contributed by atoms with Gasteiger partial charge in [-0.1, -0.05) is 6.07 Å². The van der Waals surface area contributed by atoms with Gasteiger partial charge >= 0.3 is 0 Å². The van der Waals surface area contributed by atoms with Crippen molar-refractivity contribution in [2.24, 2.45) is 4.99 Å². The second kappa shape index (κ2) is 10.6. The number of nitrogens with one attached hydrogen (secondary N) is 2. The molecule has 2 unspecified atom stereocenters. The Balaban J connectivity index is 1.53. The summed E-state index contributed by atoms with van der Waals surface area (Å²) >= 11 is 0. The highest BCUT2D eigenvalue weighted by atomic mass is 19.1. The van der Waals surface area contributed by atoms with E-state index in [1.54, 1.807) is 4.90 Å². The normalized spacial score (nSPS) is 22.3. The van der Waals surface area contributed by atoms with E-state index in [4.69, 9.17) is 0 Å². The Morgan fingerprint density at radius 3 is 2.67 bits per heavy atom. The van der Waals surface area contributed by atoms with E-state index in [2.05, 4.69) is 22.5 Å². The number of amides is 1. The Labute approximate surface area is 177 Å². The monoisotopic (exact) mass is 421 g/mol. The zero-order valence-electron chi connectivity index (χ0n) is 18.0. The van der Waals surface area contributed by atoms with Crippen LogP contribution in [0.2, 0.25) is 0 Å². The summed E-state index contributed by atoms with van der Waals surface area (Å²) in [6.45, 7) is 7.10. The molecule has 0 saturated carbocycles. The first-order chi connectivity index (χ1) is 14.5. The van der Waals surface area contributed by atoms with E-state index in [9.17, 15) is 13.6 Å². The van der Waals surface area contributed by atoms with Crippen molar-refractivity contribution in [3.63, 3.8) is 0 Å². The van der Waals surface area contributed by atoms with Gasteiger partial charge in [0.25, 0.3) is 0 Å². The molecule has 0 spiro atoms. The van der Waals surface area contributed by atoms with Crippen LogP contribution in [0.5, 0.6) is 0 Å². The molecule has 3 rings (SSSR count). The van der Waals surface area contributed by atoms with Crippen LogP contribution >= 0.6 is 0 Å². The van der Waals surface area contributed by atoms with E-state index >= 15 is 0 Å². The molecule has 8 heteroatoms. The van der Waals surface area contributed by atoms with Crippen molar-refractivity contribution in [2.45, 2.75) is 58.0 Å². The molecule has 1 aromatic carbocycles. The summed E-state index contributed by atoms with van der Waals surface area (Å²) in [5.41, 5.74) is 0.0324. The molecule has 0 aliphatic carbocycles. The van der Waals surface area contributed by atoms with Gasteiger partial charge in [0, 0.05) is 44.7 Å². The van der Waals surface area contributed by atoms with Gasteiger partial charge in [-0.3, -0.25) is 9.79 Å². The lowest BCUT2D eigenvalue weighted by Crippen LogP contribution is -2.45. The number of benzene rings is 1. The van der Waals surface area contributed by atoms with Crippen LogP contribution in [0.3, 0.4) is 0 Å². The van der Waals surface area contributed by atoms with Gasteiger partial charge < -0.3 is 20.4 Å². The topological polar surface area (TPSA) is 60.0 Å². The minimum absolute atomic E-state index is 0.0274. The van der Waals surface area contributed by atoms with E-state index in [1.165, 1.54) is 24.6 Å². The lowest BCUT2D eigenvalue weighted by atomic mass is 10.0. The van der Waals surface area contributed by atoms with Crippen LogP contribution in [0.15, 0.2) is 23.2 Å². The van der Waals surface area contributed by atoms with Gasteiger partial charge in [-0.25, -0.2) is 8.78 Å². The molecule has 2 N–H and O–H groups in total. The molecule has 2 aliphatic heterocycles. The lowest BCUT2D eigenvalue weighted by molar-refractivity contribution is -0.134. The number of rotatable bonds is 6. The van der Waals surface area contributed by atoms with Crippen LogP contribution < -0.4 is 15.5 Å². The fourth-order valence-corrected chi connectivity index (χ4v) is 4.26. The minimum Gasteiger partial charge on any atom is -0.365 e. The van der Waals surface area contributed by atoms with Crippen LogP contribution in [0.4, 0.5) is 14.5 Å². The highest BCUT2D eigenvalue weighted by Gasteiger charge is 2.27. The molecule has 166 valence electrons. The van der Waals surface area contributed by atoms with Crippen LogP contribution in [0, 0.1) is 11.6 Å². The summed E-state index contributed by atoms with van der Waals surface area (Å²) in [5, 5.41) is 6.54. The van der Waals surface area contributed by atoms with E-state index in [1.807, 2.05) is 11.8 Å². The number of aliphatic imine (C=N–C) groups is 1. The third-order valence-electron chi connectivity index (χ3n) is 5.85. The van der Waals surface area contributed by atoms with Crippen LogP contribution in [-0.4, -0.2) is 61.6 Å². The van der Waals surface area contributed by atoms with Crippen molar-refractivity contribution >= 4 is 17.6 Å². The van der Waals surface area contributed by atoms with Crippen molar-refractivity contribution in [2.75, 3.05) is 37.6 Å². The molecule has 0 bridgehead atoms. The predicted octanol–water partition coefficient (Wildman–Crippen LogP) is 2.89. The summed E-state index contributed by atoms with van der Waals surface area (Å²) in [5.74, 6) is -0.287. The SMILES string of the molecule is CCNC(=NCCC(=O)N1CCCCC1C)NC1CCN(c2c(F)cccc2F)C1. The van der Waals surface area contributed by atoms with Gasteiger partial charge in [0.15, 0.2) is 5.96 Å². The molecule has 2 aliphatic rings. The van der Waals surface area contributed by atoms with Crippen molar-refractivity contribution in [1.29, 1.82) is 0 Å². The highest BCUT2D eigenvalue weighted by molar-refractivity contribution is 5.81. The Bertz CT molecular complexity index is 737. The number of para-hydroxylation sites is 1. The number of nitrogens with zero attached hydrogens (tertiary/aromatic N) is 3. The number of hydrogen-bond donors (Lipinski definition) is 2. The van der Waals surface area contributed by atoms with Gasteiger partial charge in [0.05, 0.1) is 6.54 Å². The second-order valence-electron chi connectivity index (χ2n) is 8.09. The van der Waals surface area contributed by atoms with Crippen LogP contribution in [0.25, 0.3) is 0 Å². The molecule has 0 radical (unpaired) electrons. The second-order valence-corrected chi connectivity index (χ2v) is 8.09. The standard InChI is InChI=1S/C22H33F2N5O/c1-3-25-22(26-12-10-20(30)29-13-5-4-7-16(29)2)27-17-11-14-28(15-17)21-18(23)8-6-9-19(21)24/h6,8-9,16-17H,3-5,7,10-15H2,1-2H3,(H2,25,26,27). The zero-order valence-corrected chi connectivity index (χ0v) is 18.0. The number of likely N-dealkylation sites (tertiary alicyclic amines) is 1. The first kappa shape index (κ1) is 22.3. The number of halogens is 2. The van der Waals surface area contributed by atoms with Crippen molar-refractivity contribution in [1.82, 2.24) is 15.5 Å². The maximum Gasteiger partial charge on any atom is 0.224 e. The van der Waals surface area contributed by atoms with Crippen molar-refractivity contribution in [3.8, 4) is 0 Å². The van der Waals surface area contributed by atoms with Gasteiger partial charge in [0.1, 0.15) is 17.3 Å². The van der Waals surface area contributed by atoms with E-state index in [0.29, 0.717) is 44.6 Å². The lowest BCUT2D eigenvalue weighted by Gasteiger charge is -2.33. The number of guanidine groups is 1. The molecule has 2 fully saturated rings. The maximum absolute atomic E-state index is 14.1. The molecule has 1 amide bonds. The molecule has 2 heterocycles. The largest absolute Gasteiger partial charge is 0.365 e. The average Bonchev–Trinajstić information content (AvgIpc) is 3.16. The first-order valence-electron chi connectivity index (χ1n) is 11.0. The van der Waals surface area contributed by atoms with E-state index < -0.39 is 11.6 Å². The van der Waals surface area contributed by atoms with Gasteiger partial charge in [-0.05, 0) is 51.7 Å². The molecule has 2 atom stereocenters. The maximum atomic E-state index is 14.1. The number of carbonyl (C=O) groups excluding carboxylic acids is 1. The number of carbonyl (C=O) groups is 1. The Morgan fingerprint density at radius 1 is 1.20 bits per heavy atom. The molecular formula is C22H33F2N5O. The minimum atomic E-state index is -0.540. The van der Waals surface area contributed by atoms with Crippen LogP contribution in [-0.2, 0) is 4.79 Å². The smallest absolute Gasteiger partial charge is 0.224 e. The Morgan fingerprint density at radius 2 is 1.97 bits per heavy atom. The number of hydrogen-bond acceptors (Lipinski definition) is 3. The molecular weight excluding hydrogens is 388 g/mol. The third-order valence-corrected chi connectivity index (χ3v) is 5.85. The highest BCUT2D eigenvalue weighted by Crippen LogP contribution is 2.26. The third kappa shape index (κ3) is 5.61. The van der Waals surface area contributed by atoms with E-state index in [-0.39, 0.29) is 17.6 Å². The molecule has 6 nitrogen and oxygen atoms in total. The van der Waals surface area contributed by atoms with Crippen molar-refractivity contribution < 1.29 is 13.6 Å². The zero-order chi connectivity index (χ0) is 21.5. The summed E-state index contributed by atoms with van der Waals surface area (Å²) in [7, 11) is 0. The average molecular weight is 422 g/mol. The number of anilines is 1. The first-order valence-corrected chi connectivity index (χ1v) is 11.0. The van der Waals surface area contributed by atoms with Gasteiger partial charge in [-0.2, -0.15) is 0 Å². The molecule has 30 heavy (non-hydrogen) atoms. The Kier molecular flexibility index (Phi) is 7.87.